The quantitative estimate of drug-likeness (QED) is 0.595. The van der Waals surface area contributed by atoms with Crippen LogP contribution in [-0.2, 0) is 15.7 Å². The number of rotatable bonds is 3. The number of fused-ring (bicyclic) bond motifs is 1. The van der Waals surface area contributed by atoms with E-state index in [0.717, 1.165) is 6.07 Å². The van der Waals surface area contributed by atoms with E-state index in [9.17, 15) is 22.4 Å². The predicted octanol–water partition coefficient (Wildman–Crippen LogP) is 4.09. The summed E-state index contributed by atoms with van der Waals surface area (Å²) < 4.78 is 60.2. The Labute approximate surface area is 164 Å². The molecular formula is C20H17F4N3O2. The van der Waals surface area contributed by atoms with Crippen LogP contribution in [0.3, 0.4) is 0 Å². The van der Waals surface area contributed by atoms with Gasteiger partial charge in [0.25, 0.3) is 5.91 Å². The fourth-order valence-electron chi connectivity index (χ4n) is 3.43. The maximum Gasteiger partial charge on any atom is 0.418 e. The van der Waals surface area contributed by atoms with E-state index in [1.54, 1.807) is 11.0 Å². The topological polar surface area (TPSA) is 53.6 Å². The molecule has 0 spiro atoms. The molecule has 4 rings (SSSR count). The molecule has 29 heavy (non-hydrogen) atoms. The summed E-state index contributed by atoms with van der Waals surface area (Å²) >= 11 is 0. The molecule has 1 saturated heterocycles. The molecule has 2 heterocycles. The first kappa shape index (κ1) is 19.3. The molecule has 152 valence electrons. The molecule has 9 heteroatoms. The van der Waals surface area contributed by atoms with Crippen LogP contribution in [0.1, 0.15) is 11.1 Å². The first-order chi connectivity index (χ1) is 13.8. The number of nitrogens with zero attached hydrogens (tertiary/aromatic N) is 1. The molecule has 5 nitrogen and oxygen atoms in total. The number of alkyl halides is 3. The van der Waals surface area contributed by atoms with Crippen molar-refractivity contribution in [3.8, 4) is 0 Å². The van der Waals surface area contributed by atoms with Gasteiger partial charge in [-0.25, -0.2) is 4.39 Å². The molecule has 0 atom stereocenters. The summed E-state index contributed by atoms with van der Waals surface area (Å²) in [5, 5.41) is 5.22. The summed E-state index contributed by atoms with van der Waals surface area (Å²) in [6, 6.07) is 8.09. The van der Waals surface area contributed by atoms with Crippen LogP contribution in [0.4, 0.5) is 34.6 Å². The van der Waals surface area contributed by atoms with E-state index in [2.05, 4.69) is 10.6 Å². The van der Waals surface area contributed by atoms with Gasteiger partial charge in [-0.1, -0.05) is 6.07 Å². The van der Waals surface area contributed by atoms with Gasteiger partial charge in [0, 0.05) is 36.2 Å². The minimum absolute atomic E-state index is 0.0175. The second-order valence-electron chi connectivity index (χ2n) is 6.65. The third-order valence-corrected chi connectivity index (χ3v) is 4.81. The number of halogens is 4. The molecule has 0 bridgehead atoms. The number of ether oxygens (including phenoxy) is 1. The standard InChI is InChI=1S/C20H17F4N3O2/c21-15-2-1-3-16-18(15)13(19(28)26-16)11-25-12-4-5-17(14(10-12)20(22,23)24)27-6-8-29-9-7-27/h1-5,10-11,25H,6-9H2,(H,26,28). The van der Waals surface area contributed by atoms with Crippen molar-refractivity contribution in [3.63, 3.8) is 0 Å². The van der Waals surface area contributed by atoms with Crippen LogP contribution >= 0.6 is 0 Å². The highest BCUT2D eigenvalue weighted by Crippen LogP contribution is 2.39. The number of amides is 1. The lowest BCUT2D eigenvalue weighted by atomic mass is 10.1. The average Bonchev–Trinajstić information content (AvgIpc) is 3.02. The Kier molecular flexibility index (Phi) is 4.91. The van der Waals surface area contributed by atoms with Crippen molar-refractivity contribution in [1.29, 1.82) is 0 Å². The third-order valence-electron chi connectivity index (χ3n) is 4.81. The zero-order chi connectivity index (χ0) is 20.6. The number of benzene rings is 2. The van der Waals surface area contributed by atoms with Crippen molar-refractivity contribution in [1.82, 2.24) is 0 Å². The van der Waals surface area contributed by atoms with Crippen LogP contribution in [0.5, 0.6) is 0 Å². The average molecular weight is 407 g/mol. The number of carbonyl (C=O) groups is 1. The molecular weight excluding hydrogens is 390 g/mol. The second kappa shape index (κ2) is 7.40. The Bertz CT molecular complexity index is 982. The zero-order valence-corrected chi connectivity index (χ0v) is 15.1. The van der Waals surface area contributed by atoms with Gasteiger partial charge >= 0.3 is 6.18 Å². The number of morpholine rings is 1. The van der Waals surface area contributed by atoms with Crippen molar-refractivity contribution in [2.45, 2.75) is 6.18 Å². The second-order valence-corrected chi connectivity index (χ2v) is 6.65. The fraction of sp³-hybridized carbons (Fsp3) is 0.250. The molecule has 1 fully saturated rings. The van der Waals surface area contributed by atoms with Crippen molar-refractivity contribution >= 4 is 28.5 Å². The molecule has 2 aliphatic rings. The lowest BCUT2D eigenvalue weighted by Gasteiger charge is -2.31. The third kappa shape index (κ3) is 3.77. The van der Waals surface area contributed by atoms with Crippen LogP contribution < -0.4 is 15.5 Å². The predicted molar refractivity (Wildman–Crippen MR) is 101 cm³/mol. The smallest absolute Gasteiger partial charge is 0.378 e. The Morgan fingerprint density at radius 3 is 2.62 bits per heavy atom. The van der Waals surface area contributed by atoms with E-state index in [1.807, 2.05) is 0 Å². The summed E-state index contributed by atoms with van der Waals surface area (Å²) in [7, 11) is 0. The minimum Gasteiger partial charge on any atom is -0.378 e. The maximum absolute atomic E-state index is 14.1. The highest BCUT2D eigenvalue weighted by atomic mass is 19.4. The van der Waals surface area contributed by atoms with E-state index in [1.165, 1.54) is 30.5 Å². The van der Waals surface area contributed by atoms with Gasteiger partial charge in [0.1, 0.15) is 5.82 Å². The molecule has 0 aromatic heterocycles. The van der Waals surface area contributed by atoms with Crippen molar-refractivity contribution in [2.24, 2.45) is 0 Å². The molecule has 0 radical (unpaired) electrons. The molecule has 2 aliphatic heterocycles. The lowest BCUT2D eigenvalue weighted by Crippen LogP contribution is -2.37. The molecule has 0 unspecified atom stereocenters. The summed E-state index contributed by atoms with van der Waals surface area (Å²) in [6.07, 6.45) is -3.34. The first-order valence-corrected chi connectivity index (χ1v) is 8.95. The van der Waals surface area contributed by atoms with Crippen LogP contribution in [0.25, 0.3) is 5.57 Å². The normalized spacial score (nSPS) is 18.0. The van der Waals surface area contributed by atoms with Gasteiger partial charge in [-0.2, -0.15) is 13.2 Å². The highest BCUT2D eigenvalue weighted by molar-refractivity contribution is 6.31. The number of hydrogen-bond donors (Lipinski definition) is 2. The van der Waals surface area contributed by atoms with Crippen LogP contribution in [0.2, 0.25) is 0 Å². The van der Waals surface area contributed by atoms with Gasteiger partial charge in [0.05, 0.1) is 30.0 Å². The van der Waals surface area contributed by atoms with Gasteiger partial charge < -0.3 is 20.3 Å². The van der Waals surface area contributed by atoms with E-state index in [4.69, 9.17) is 4.74 Å². The SMILES string of the molecule is O=C1Nc2cccc(F)c2C1=CNc1ccc(N2CCOCC2)c(C(F)(F)F)c1. The number of hydrogen-bond acceptors (Lipinski definition) is 4. The summed E-state index contributed by atoms with van der Waals surface area (Å²) in [6.45, 7) is 1.47. The van der Waals surface area contributed by atoms with Gasteiger partial charge in [-0.3, -0.25) is 4.79 Å². The van der Waals surface area contributed by atoms with Crippen LogP contribution in [-0.4, -0.2) is 32.2 Å². The highest BCUT2D eigenvalue weighted by Gasteiger charge is 2.35. The summed E-state index contributed by atoms with van der Waals surface area (Å²) in [4.78, 5) is 13.7. The Balaban J connectivity index is 1.65. The van der Waals surface area contributed by atoms with Gasteiger partial charge in [-0.05, 0) is 30.3 Å². The Morgan fingerprint density at radius 2 is 1.90 bits per heavy atom. The molecule has 2 N–H and O–H groups in total. The minimum atomic E-state index is -4.55. The van der Waals surface area contributed by atoms with Crippen molar-refractivity contribution in [2.75, 3.05) is 41.8 Å². The molecule has 0 aliphatic carbocycles. The van der Waals surface area contributed by atoms with Crippen molar-refractivity contribution < 1.29 is 27.1 Å². The molecule has 2 aromatic carbocycles. The summed E-state index contributed by atoms with van der Waals surface area (Å²) in [5.74, 6) is -1.12. The van der Waals surface area contributed by atoms with Gasteiger partial charge in [0.15, 0.2) is 0 Å². The first-order valence-electron chi connectivity index (χ1n) is 8.95. The number of carbonyl (C=O) groups excluding carboxylic acids is 1. The maximum atomic E-state index is 14.1. The molecule has 1 amide bonds. The monoisotopic (exact) mass is 407 g/mol. The number of nitrogens with one attached hydrogen (secondary N) is 2. The van der Waals surface area contributed by atoms with Gasteiger partial charge in [-0.15, -0.1) is 0 Å². The van der Waals surface area contributed by atoms with E-state index < -0.39 is 23.5 Å². The molecule has 2 aromatic rings. The van der Waals surface area contributed by atoms with Gasteiger partial charge in [0.2, 0.25) is 0 Å². The zero-order valence-electron chi connectivity index (χ0n) is 15.1. The van der Waals surface area contributed by atoms with E-state index >= 15 is 0 Å². The number of anilines is 3. The Hall–Kier alpha value is -3.07. The summed E-state index contributed by atoms with van der Waals surface area (Å²) in [5.41, 5.74) is -0.143. The van der Waals surface area contributed by atoms with Crippen molar-refractivity contribution in [3.05, 3.63) is 59.5 Å². The van der Waals surface area contributed by atoms with Crippen LogP contribution in [0.15, 0.2) is 42.6 Å². The Morgan fingerprint density at radius 1 is 1.14 bits per heavy atom. The lowest BCUT2D eigenvalue weighted by molar-refractivity contribution is -0.137. The fourth-order valence-corrected chi connectivity index (χ4v) is 3.43. The van der Waals surface area contributed by atoms with E-state index in [-0.39, 0.29) is 22.5 Å². The largest absolute Gasteiger partial charge is 0.418 e. The molecule has 0 saturated carbocycles. The van der Waals surface area contributed by atoms with Crippen LogP contribution in [0, 0.1) is 5.82 Å². The van der Waals surface area contributed by atoms with E-state index in [0.29, 0.717) is 32.0 Å².